The Balaban J connectivity index is 2.42. The van der Waals surface area contributed by atoms with Gasteiger partial charge in [0.15, 0.2) is 0 Å². The highest BCUT2D eigenvalue weighted by Crippen LogP contribution is 2.24. The van der Waals surface area contributed by atoms with Gasteiger partial charge in [0.1, 0.15) is 0 Å². The summed E-state index contributed by atoms with van der Waals surface area (Å²) in [6.07, 6.45) is 2.29. The number of rotatable bonds is 7. The predicted octanol–water partition coefficient (Wildman–Crippen LogP) is 0.520. The van der Waals surface area contributed by atoms with Crippen molar-refractivity contribution in [1.29, 1.82) is 0 Å². The van der Waals surface area contributed by atoms with E-state index in [1.807, 2.05) is 4.90 Å². The number of carbonyl (C=O) groups is 2. The molecule has 0 radical (unpaired) electrons. The van der Waals surface area contributed by atoms with Crippen LogP contribution in [0.25, 0.3) is 0 Å². The number of piperidine rings is 1. The van der Waals surface area contributed by atoms with Crippen LogP contribution in [0, 0.1) is 11.8 Å². The van der Waals surface area contributed by atoms with Crippen molar-refractivity contribution in [2.75, 3.05) is 33.4 Å². The van der Waals surface area contributed by atoms with Crippen LogP contribution >= 0.6 is 0 Å². The fraction of sp³-hybridized carbons (Fsp3) is 0.833. The second kappa shape index (κ2) is 7.33. The van der Waals surface area contributed by atoms with Crippen molar-refractivity contribution in [2.24, 2.45) is 11.8 Å². The zero-order valence-electron chi connectivity index (χ0n) is 10.7. The molecule has 6 heteroatoms. The van der Waals surface area contributed by atoms with Gasteiger partial charge in [-0.15, -0.1) is 0 Å². The molecule has 1 saturated heterocycles. The summed E-state index contributed by atoms with van der Waals surface area (Å²) in [6, 6.07) is 0. The SMILES string of the molecule is COCCCCN1CCC(C(=O)O)C(C(=O)O)C1. The van der Waals surface area contributed by atoms with Crippen molar-refractivity contribution in [3.05, 3.63) is 0 Å². The Hall–Kier alpha value is -1.14. The summed E-state index contributed by atoms with van der Waals surface area (Å²) < 4.78 is 4.95. The minimum atomic E-state index is -1.01. The Bertz CT molecular complexity index is 294. The fourth-order valence-electron chi connectivity index (χ4n) is 2.35. The Morgan fingerprint density at radius 1 is 1.22 bits per heavy atom. The molecule has 1 heterocycles. The third-order valence-corrected chi connectivity index (χ3v) is 3.40. The largest absolute Gasteiger partial charge is 0.481 e. The lowest BCUT2D eigenvalue weighted by Crippen LogP contribution is -2.46. The lowest BCUT2D eigenvalue weighted by Gasteiger charge is -2.34. The van der Waals surface area contributed by atoms with E-state index in [9.17, 15) is 9.59 Å². The van der Waals surface area contributed by atoms with Gasteiger partial charge in [0.05, 0.1) is 11.8 Å². The smallest absolute Gasteiger partial charge is 0.308 e. The number of hydrogen-bond acceptors (Lipinski definition) is 4. The molecule has 1 aliphatic heterocycles. The van der Waals surface area contributed by atoms with E-state index in [-0.39, 0.29) is 0 Å². The Labute approximate surface area is 107 Å². The van der Waals surface area contributed by atoms with E-state index >= 15 is 0 Å². The highest BCUT2D eigenvalue weighted by Gasteiger charge is 2.38. The van der Waals surface area contributed by atoms with Gasteiger partial charge in [0.25, 0.3) is 0 Å². The molecule has 0 bridgehead atoms. The molecule has 1 rings (SSSR count). The molecule has 104 valence electrons. The summed E-state index contributed by atoms with van der Waals surface area (Å²) in [5.74, 6) is -3.55. The van der Waals surface area contributed by atoms with Gasteiger partial charge in [-0.3, -0.25) is 9.59 Å². The lowest BCUT2D eigenvalue weighted by molar-refractivity contribution is -0.157. The molecule has 1 aliphatic rings. The van der Waals surface area contributed by atoms with Crippen LogP contribution in [0.15, 0.2) is 0 Å². The highest BCUT2D eigenvalue weighted by molar-refractivity contribution is 5.80. The van der Waals surface area contributed by atoms with Crippen LogP contribution in [-0.2, 0) is 14.3 Å². The summed E-state index contributed by atoms with van der Waals surface area (Å²) in [5.41, 5.74) is 0. The number of ether oxygens (including phenoxy) is 1. The average molecular weight is 259 g/mol. The first kappa shape index (κ1) is 14.9. The van der Waals surface area contributed by atoms with Gasteiger partial charge in [0.2, 0.25) is 0 Å². The zero-order chi connectivity index (χ0) is 13.5. The van der Waals surface area contributed by atoms with Gasteiger partial charge in [-0.25, -0.2) is 0 Å². The van der Waals surface area contributed by atoms with Gasteiger partial charge < -0.3 is 19.8 Å². The van der Waals surface area contributed by atoms with E-state index < -0.39 is 23.8 Å². The van der Waals surface area contributed by atoms with Crippen LogP contribution in [-0.4, -0.2) is 60.4 Å². The van der Waals surface area contributed by atoms with E-state index in [0.717, 1.165) is 19.4 Å². The molecule has 2 N–H and O–H groups in total. The van der Waals surface area contributed by atoms with E-state index in [0.29, 0.717) is 26.1 Å². The molecule has 2 unspecified atom stereocenters. The van der Waals surface area contributed by atoms with Crippen LogP contribution in [0.4, 0.5) is 0 Å². The van der Waals surface area contributed by atoms with Crippen LogP contribution in [0.1, 0.15) is 19.3 Å². The number of methoxy groups -OCH3 is 1. The third kappa shape index (κ3) is 4.27. The second-order valence-corrected chi connectivity index (χ2v) is 4.68. The first-order valence-corrected chi connectivity index (χ1v) is 6.23. The zero-order valence-corrected chi connectivity index (χ0v) is 10.7. The maximum Gasteiger partial charge on any atom is 0.308 e. The topological polar surface area (TPSA) is 87.1 Å². The molecular weight excluding hydrogens is 238 g/mol. The number of nitrogens with zero attached hydrogens (tertiary/aromatic N) is 1. The maximum atomic E-state index is 11.1. The number of hydrogen-bond donors (Lipinski definition) is 2. The maximum absolute atomic E-state index is 11.1. The molecule has 0 spiro atoms. The minimum absolute atomic E-state index is 0.333. The van der Waals surface area contributed by atoms with Crippen molar-refractivity contribution in [3.8, 4) is 0 Å². The first-order chi connectivity index (χ1) is 8.56. The Morgan fingerprint density at radius 3 is 2.44 bits per heavy atom. The minimum Gasteiger partial charge on any atom is -0.481 e. The molecule has 0 aromatic heterocycles. The van der Waals surface area contributed by atoms with E-state index in [2.05, 4.69) is 0 Å². The molecule has 0 amide bonds. The third-order valence-electron chi connectivity index (χ3n) is 3.40. The molecular formula is C12H21NO5. The quantitative estimate of drug-likeness (QED) is 0.648. The predicted molar refractivity (Wildman–Crippen MR) is 64.4 cm³/mol. The van der Waals surface area contributed by atoms with E-state index in [1.54, 1.807) is 7.11 Å². The normalized spacial score (nSPS) is 24.9. The van der Waals surface area contributed by atoms with Crippen LogP contribution in [0.2, 0.25) is 0 Å². The van der Waals surface area contributed by atoms with Crippen molar-refractivity contribution in [1.82, 2.24) is 4.90 Å². The van der Waals surface area contributed by atoms with Gasteiger partial charge in [0, 0.05) is 20.3 Å². The molecule has 0 aromatic rings. The summed E-state index contributed by atoms with van der Waals surface area (Å²) >= 11 is 0. The molecule has 6 nitrogen and oxygen atoms in total. The van der Waals surface area contributed by atoms with Crippen LogP contribution < -0.4 is 0 Å². The second-order valence-electron chi connectivity index (χ2n) is 4.68. The molecule has 0 saturated carbocycles. The molecule has 0 aliphatic carbocycles. The van der Waals surface area contributed by atoms with Gasteiger partial charge in [-0.05, 0) is 32.4 Å². The lowest BCUT2D eigenvalue weighted by atomic mass is 9.85. The van der Waals surface area contributed by atoms with E-state index in [1.165, 1.54) is 0 Å². The summed E-state index contributed by atoms with van der Waals surface area (Å²) in [5, 5.41) is 18.1. The number of unbranched alkanes of at least 4 members (excludes halogenated alkanes) is 1. The van der Waals surface area contributed by atoms with Crippen molar-refractivity contribution in [3.63, 3.8) is 0 Å². The molecule has 18 heavy (non-hydrogen) atoms. The summed E-state index contributed by atoms with van der Waals surface area (Å²) in [6.45, 7) is 2.50. The van der Waals surface area contributed by atoms with Crippen molar-refractivity contribution >= 4 is 11.9 Å². The number of aliphatic carboxylic acids is 2. The van der Waals surface area contributed by atoms with Crippen molar-refractivity contribution in [2.45, 2.75) is 19.3 Å². The average Bonchev–Trinajstić information content (AvgIpc) is 2.34. The first-order valence-electron chi connectivity index (χ1n) is 6.23. The molecule has 1 fully saturated rings. The number of carboxylic acid groups (broad SMARTS) is 2. The summed E-state index contributed by atoms with van der Waals surface area (Å²) in [7, 11) is 1.65. The Kier molecular flexibility index (Phi) is 6.07. The fourth-order valence-corrected chi connectivity index (χ4v) is 2.35. The summed E-state index contributed by atoms with van der Waals surface area (Å²) in [4.78, 5) is 24.1. The van der Waals surface area contributed by atoms with Crippen LogP contribution in [0.5, 0.6) is 0 Å². The molecule has 0 aromatic carbocycles. The standard InChI is InChI=1S/C12H21NO5/c1-18-7-3-2-5-13-6-4-9(11(14)15)10(8-13)12(16)17/h9-10H,2-8H2,1H3,(H,14,15)(H,16,17). The van der Waals surface area contributed by atoms with Gasteiger partial charge in [-0.2, -0.15) is 0 Å². The monoisotopic (exact) mass is 259 g/mol. The van der Waals surface area contributed by atoms with E-state index in [4.69, 9.17) is 14.9 Å². The van der Waals surface area contributed by atoms with Crippen molar-refractivity contribution < 1.29 is 24.5 Å². The Morgan fingerprint density at radius 2 is 1.89 bits per heavy atom. The number of likely N-dealkylation sites (tertiary alicyclic amines) is 1. The van der Waals surface area contributed by atoms with Gasteiger partial charge >= 0.3 is 11.9 Å². The highest BCUT2D eigenvalue weighted by atomic mass is 16.5. The van der Waals surface area contributed by atoms with Gasteiger partial charge in [-0.1, -0.05) is 0 Å². The number of carboxylic acids is 2. The molecule has 2 atom stereocenters. The van der Waals surface area contributed by atoms with Crippen LogP contribution in [0.3, 0.4) is 0 Å².